The lowest BCUT2D eigenvalue weighted by molar-refractivity contribution is -0.389. The van der Waals surface area contributed by atoms with Gasteiger partial charge in [-0.1, -0.05) is 201 Å². The number of benzene rings is 8. The van der Waals surface area contributed by atoms with Crippen LogP contribution in [0.5, 0.6) is 5.75 Å². The minimum Gasteiger partial charge on any atom is -0.550 e. The lowest BCUT2D eigenvalue weighted by atomic mass is 9.95. The Morgan fingerprint density at radius 1 is 0.376 bits per heavy atom. The number of carbonyl (C=O) groups excluding carboxylic acids is 8. The van der Waals surface area contributed by atoms with Crippen molar-refractivity contribution >= 4 is 47.0 Å². The zero-order chi connectivity index (χ0) is 60.6. The van der Waals surface area contributed by atoms with Gasteiger partial charge in [0.25, 0.3) is 0 Å². The van der Waals surface area contributed by atoms with Crippen molar-refractivity contribution in [2.24, 2.45) is 0 Å². The van der Waals surface area contributed by atoms with E-state index in [4.69, 9.17) is 14.2 Å². The number of hydrogen-bond donors (Lipinski definition) is 0. The highest BCUT2D eigenvalue weighted by Gasteiger charge is 2.29. The fourth-order valence-electron chi connectivity index (χ4n) is 9.24. The van der Waals surface area contributed by atoms with Gasteiger partial charge in [0.15, 0.2) is 29.3 Å². The second-order valence-corrected chi connectivity index (χ2v) is 20.4. The van der Waals surface area contributed by atoms with Gasteiger partial charge in [-0.3, -0.25) is 33.6 Å². The monoisotopic (exact) mass is 1130 g/mol. The smallest absolute Gasteiger partial charge is 0.318 e. The van der Waals surface area contributed by atoms with Crippen molar-refractivity contribution in [3.05, 3.63) is 308 Å². The summed E-state index contributed by atoms with van der Waals surface area (Å²) in [7, 11) is 0. The first-order chi connectivity index (χ1) is 41.0. The van der Waals surface area contributed by atoms with E-state index >= 15 is 0 Å². The molecule has 9 rings (SSSR count). The van der Waals surface area contributed by atoms with Crippen LogP contribution in [-0.4, -0.2) is 47.0 Å². The Morgan fingerprint density at radius 2 is 0.671 bits per heavy atom. The minimum absolute atomic E-state index is 0.0768. The van der Waals surface area contributed by atoms with E-state index in [0.29, 0.717) is 78.0 Å². The summed E-state index contributed by atoms with van der Waals surface area (Å²) >= 11 is 0. The maximum Gasteiger partial charge on any atom is 0.318 e. The topological polar surface area (TPSA) is 201 Å². The highest BCUT2D eigenvalue weighted by Crippen LogP contribution is 2.31. The summed E-state index contributed by atoms with van der Waals surface area (Å²) in [5.74, 6) is -6.73. The van der Waals surface area contributed by atoms with Crippen molar-refractivity contribution in [2.45, 2.75) is 71.5 Å². The summed E-state index contributed by atoms with van der Waals surface area (Å²) in [4.78, 5) is 107. The minimum atomic E-state index is -1.15. The molecule has 0 aliphatic heterocycles. The molecule has 426 valence electrons. The molecule has 9 aromatic rings. The number of ketones is 4. The van der Waals surface area contributed by atoms with E-state index in [1.54, 1.807) is 235 Å². The standard InChI is InChI=1S/C56H47NO9.C16H14O3/c1-35(42-23-14-26-45(29-42)50(58)39-17-8-5-9-18-39)54(61)64-33-48-32-57-38(4)53(66-56(63)37(3)44-25-16-28-47(31-44)52(60)41-21-12-7-13-22-41)49(48)34-65-55(62)36(2)43-24-15-27-46(30-43)51(59)40-19-10-6-11-20-40;1-11(16(18)19)13-8-5-9-14(10-13)15(17)12-6-3-2-4-7-12/h5-32,35-37H,33-34H2,1-4H3;2-11H,1H3,(H,18,19). The van der Waals surface area contributed by atoms with E-state index in [2.05, 4.69) is 4.98 Å². The fourth-order valence-corrected chi connectivity index (χ4v) is 9.24. The number of carboxylic acids is 1. The largest absolute Gasteiger partial charge is 0.550 e. The highest BCUT2D eigenvalue weighted by atomic mass is 16.6. The van der Waals surface area contributed by atoms with Crippen molar-refractivity contribution in [1.82, 2.24) is 0 Å². The average Bonchev–Trinajstić information content (AvgIpc) is 3.64. The Morgan fingerprint density at radius 3 is 1.00 bits per heavy atom. The zero-order valence-electron chi connectivity index (χ0n) is 47.5. The molecule has 4 atom stereocenters. The van der Waals surface area contributed by atoms with Gasteiger partial charge in [-0.25, -0.2) is 4.98 Å². The third-order valence-corrected chi connectivity index (χ3v) is 14.5. The predicted octanol–water partition coefficient (Wildman–Crippen LogP) is 11.7. The van der Waals surface area contributed by atoms with Gasteiger partial charge in [-0.15, -0.1) is 0 Å². The summed E-state index contributed by atoms with van der Waals surface area (Å²) in [6.07, 6.45) is 1.59. The molecular formula is C72H61NO12. The summed E-state index contributed by atoms with van der Waals surface area (Å²) in [5, 5.41) is 10.9. The number of pyridine rings is 1. The number of ether oxygens (including phenoxy) is 3. The van der Waals surface area contributed by atoms with Crippen LogP contribution in [0, 0.1) is 6.92 Å². The first-order valence-corrected chi connectivity index (χ1v) is 27.6. The van der Waals surface area contributed by atoms with E-state index in [-0.39, 0.29) is 47.7 Å². The molecule has 0 saturated heterocycles. The first-order valence-electron chi connectivity index (χ1n) is 27.6. The molecule has 0 spiro atoms. The Labute approximate surface area is 492 Å². The van der Waals surface area contributed by atoms with Crippen LogP contribution >= 0.6 is 0 Å². The molecule has 8 aromatic carbocycles. The third kappa shape index (κ3) is 15.3. The molecule has 85 heavy (non-hydrogen) atoms. The SMILES string of the molecule is CC(C(=O)[O-])c1cccc(C(=O)c2ccccc2)c1.Cc1[nH+]cc(COC(=O)C(C)c2cccc(C(=O)c3ccccc3)c2)c(COC(=O)C(C)c2cccc(C(=O)c3ccccc3)c2)c1OC(=O)C(C)c1cccc(C(=O)c2ccccc2)c1. The molecule has 0 radical (unpaired) electrons. The zero-order valence-corrected chi connectivity index (χ0v) is 47.5. The number of carbonyl (C=O) groups is 8. The number of aliphatic carboxylic acids is 1. The van der Waals surface area contributed by atoms with Gasteiger partial charge in [-0.2, -0.15) is 0 Å². The summed E-state index contributed by atoms with van der Waals surface area (Å²) in [5.41, 5.74) is 7.20. The number of aromatic nitrogens is 1. The van der Waals surface area contributed by atoms with Gasteiger partial charge >= 0.3 is 17.9 Å². The van der Waals surface area contributed by atoms with Crippen LogP contribution in [0.15, 0.2) is 225 Å². The van der Waals surface area contributed by atoms with Crippen LogP contribution < -0.4 is 14.8 Å². The quantitative estimate of drug-likeness (QED) is 0.0487. The molecular weight excluding hydrogens is 1070 g/mol. The van der Waals surface area contributed by atoms with Crippen LogP contribution in [0.1, 0.15) is 154 Å². The number of aromatic amines is 1. The first kappa shape index (κ1) is 60.6. The fraction of sp³-hybridized carbons (Fsp3) is 0.153. The summed E-state index contributed by atoms with van der Waals surface area (Å²) in [6, 6.07) is 62.5. The third-order valence-electron chi connectivity index (χ3n) is 14.5. The van der Waals surface area contributed by atoms with E-state index in [1.807, 2.05) is 24.3 Å². The number of H-pyrrole nitrogens is 1. The van der Waals surface area contributed by atoms with Crippen molar-refractivity contribution in [3.8, 4) is 5.75 Å². The van der Waals surface area contributed by atoms with Crippen LogP contribution in [0.2, 0.25) is 0 Å². The number of hydrogen-bond acceptors (Lipinski definition) is 12. The maximum absolute atomic E-state index is 14.0. The van der Waals surface area contributed by atoms with Gasteiger partial charge in [-0.05, 0) is 67.3 Å². The summed E-state index contributed by atoms with van der Waals surface area (Å²) in [6.45, 7) is 7.59. The van der Waals surface area contributed by atoms with E-state index in [9.17, 15) is 43.5 Å². The highest BCUT2D eigenvalue weighted by molar-refractivity contribution is 6.11. The van der Waals surface area contributed by atoms with Crippen LogP contribution in [0.3, 0.4) is 0 Å². The van der Waals surface area contributed by atoms with Gasteiger partial charge in [0.05, 0.1) is 28.9 Å². The molecule has 0 bridgehead atoms. The van der Waals surface area contributed by atoms with Crippen molar-refractivity contribution in [2.75, 3.05) is 0 Å². The number of rotatable bonds is 21. The molecule has 1 heterocycles. The van der Waals surface area contributed by atoms with Crippen molar-refractivity contribution < 1.29 is 62.7 Å². The molecule has 0 aliphatic rings. The molecule has 1 aromatic heterocycles. The molecule has 13 heteroatoms. The number of aryl methyl sites for hydroxylation is 1. The number of carboxylic acid groups (broad SMARTS) is 1. The second-order valence-electron chi connectivity index (χ2n) is 20.4. The van der Waals surface area contributed by atoms with Crippen molar-refractivity contribution in [1.29, 1.82) is 0 Å². The molecule has 0 aliphatic carbocycles. The Kier molecular flexibility index (Phi) is 20.3. The second kappa shape index (κ2) is 28.4. The summed E-state index contributed by atoms with van der Waals surface area (Å²) < 4.78 is 17.9. The molecule has 4 unspecified atom stereocenters. The van der Waals surface area contributed by atoms with Gasteiger partial charge in [0.2, 0.25) is 11.4 Å². The van der Waals surface area contributed by atoms with E-state index in [1.165, 1.54) is 0 Å². The van der Waals surface area contributed by atoms with E-state index in [0.717, 1.165) is 0 Å². The van der Waals surface area contributed by atoms with E-state index < -0.39 is 47.5 Å². The van der Waals surface area contributed by atoms with Gasteiger partial charge in [0.1, 0.15) is 13.2 Å². The normalized spacial score (nSPS) is 12.2. The molecule has 0 amide bonds. The molecule has 1 N–H and O–H groups in total. The molecule has 13 nitrogen and oxygen atoms in total. The maximum atomic E-state index is 14.0. The lowest BCUT2D eigenvalue weighted by Gasteiger charge is -2.18. The number of esters is 3. The molecule has 0 fully saturated rings. The number of nitrogens with one attached hydrogen (secondary N) is 1. The van der Waals surface area contributed by atoms with Crippen molar-refractivity contribution in [3.63, 3.8) is 0 Å². The van der Waals surface area contributed by atoms with Gasteiger partial charge < -0.3 is 24.1 Å². The molecule has 0 saturated carbocycles. The van der Waals surface area contributed by atoms with Crippen LogP contribution in [0.4, 0.5) is 0 Å². The Hall–Kier alpha value is -10.5. The Balaban J connectivity index is 0.000000418. The Bertz CT molecular complexity index is 3900. The van der Waals surface area contributed by atoms with Gasteiger partial charge in [0, 0.05) is 63.3 Å². The van der Waals surface area contributed by atoms with Crippen LogP contribution in [-0.2, 0) is 41.9 Å². The predicted molar refractivity (Wildman–Crippen MR) is 317 cm³/mol. The van der Waals surface area contributed by atoms with Crippen LogP contribution in [0.25, 0.3) is 0 Å². The average molecular weight is 1130 g/mol. The lowest BCUT2D eigenvalue weighted by Crippen LogP contribution is -2.28.